The second-order valence-electron chi connectivity index (χ2n) is 5.14. The van der Waals surface area contributed by atoms with Crippen molar-refractivity contribution in [3.05, 3.63) is 64.4 Å². The third-order valence-corrected chi connectivity index (χ3v) is 3.48. The molecule has 5 nitrogen and oxygen atoms in total. The van der Waals surface area contributed by atoms with Gasteiger partial charge < -0.3 is 11.1 Å². The predicted octanol–water partition coefficient (Wildman–Crippen LogP) is 1.77. The Hall–Kier alpha value is -2.54. The van der Waals surface area contributed by atoms with Crippen molar-refractivity contribution in [2.24, 2.45) is 5.73 Å². The third kappa shape index (κ3) is 4.99. The molecule has 0 bridgehead atoms. The van der Waals surface area contributed by atoms with E-state index in [1.165, 1.54) is 12.3 Å². The van der Waals surface area contributed by atoms with Gasteiger partial charge in [-0.25, -0.2) is 13.8 Å². The van der Waals surface area contributed by atoms with Gasteiger partial charge in [0.05, 0.1) is 6.42 Å². The van der Waals surface area contributed by atoms with Gasteiger partial charge in [-0.1, -0.05) is 23.7 Å². The Kier molecular flexibility index (Phi) is 5.81. The molecular formula is C16H14ClF2N3O2. The Morgan fingerprint density at radius 1 is 1.17 bits per heavy atom. The Labute approximate surface area is 141 Å². The van der Waals surface area contributed by atoms with E-state index in [4.69, 9.17) is 17.3 Å². The molecule has 1 heterocycles. The molecule has 1 atom stereocenters. The highest BCUT2D eigenvalue weighted by atomic mass is 35.5. The molecule has 0 aliphatic heterocycles. The van der Waals surface area contributed by atoms with Gasteiger partial charge >= 0.3 is 0 Å². The maximum Gasteiger partial charge on any atom is 0.240 e. The van der Waals surface area contributed by atoms with Crippen LogP contribution < -0.4 is 11.1 Å². The van der Waals surface area contributed by atoms with Crippen LogP contribution in [0.25, 0.3) is 0 Å². The van der Waals surface area contributed by atoms with Crippen molar-refractivity contribution >= 4 is 23.4 Å². The van der Waals surface area contributed by atoms with Gasteiger partial charge in [0.2, 0.25) is 11.8 Å². The van der Waals surface area contributed by atoms with Crippen LogP contribution in [0.1, 0.15) is 11.1 Å². The quantitative estimate of drug-likeness (QED) is 0.776. The standard InChI is InChI=1S/C16H14ClF2N3O2/c17-14-4-2-10(8-21-14)6-13(16(20)24)22-15(23)7-9-1-3-11(18)12(19)5-9/h1-5,8,13H,6-7H2,(H2,20,24)(H,22,23)/t13-/m1/s1. The average molecular weight is 354 g/mol. The van der Waals surface area contributed by atoms with Crippen molar-refractivity contribution in [3.63, 3.8) is 0 Å². The highest BCUT2D eigenvalue weighted by Crippen LogP contribution is 2.10. The predicted molar refractivity (Wildman–Crippen MR) is 84.1 cm³/mol. The molecule has 126 valence electrons. The van der Waals surface area contributed by atoms with Crippen LogP contribution in [0.2, 0.25) is 5.15 Å². The number of hydrogen-bond acceptors (Lipinski definition) is 3. The van der Waals surface area contributed by atoms with E-state index in [0.717, 1.165) is 12.1 Å². The summed E-state index contributed by atoms with van der Waals surface area (Å²) in [5.41, 5.74) is 6.23. The van der Waals surface area contributed by atoms with Gasteiger partial charge in [0, 0.05) is 12.6 Å². The van der Waals surface area contributed by atoms with Gasteiger partial charge in [0.15, 0.2) is 11.6 Å². The summed E-state index contributed by atoms with van der Waals surface area (Å²) in [5.74, 6) is -3.29. The number of amides is 2. The van der Waals surface area contributed by atoms with Crippen molar-refractivity contribution in [3.8, 4) is 0 Å². The fourth-order valence-corrected chi connectivity index (χ4v) is 2.18. The lowest BCUT2D eigenvalue weighted by Crippen LogP contribution is -2.46. The van der Waals surface area contributed by atoms with E-state index in [2.05, 4.69) is 10.3 Å². The van der Waals surface area contributed by atoms with Crippen molar-refractivity contribution in [1.82, 2.24) is 10.3 Å². The number of nitrogens with two attached hydrogens (primary N) is 1. The number of hydrogen-bond donors (Lipinski definition) is 2. The van der Waals surface area contributed by atoms with Gasteiger partial charge in [0.25, 0.3) is 0 Å². The highest BCUT2D eigenvalue weighted by molar-refractivity contribution is 6.29. The van der Waals surface area contributed by atoms with Gasteiger partial charge in [-0.15, -0.1) is 0 Å². The fraction of sp³-hybridized carbons (Fsp3) is 0.188. The van der Waals surface area contributed by atoms with Gasteiger partial charge in [0.1, 0.15) is 11.2 Å². The van der Waals surface area contributed by atoms with Crippen LogP contribution in [0.15, 0.2) is 36.5 Å². The molecule has 0 saturated heterocycles. The minimum Gasteiger partial charge on any atom is -0.368 e. The summed E-state index contributed by atoms with van der Waals surface area (Å²) >= 11 is 5.68. The summed E-state index contributed by atoms with van der Waals surface area (Å²) in [6.45, 7) is 0. The first kappa shape index (κ1) is 17.8. The van der Waals surface area contributed by atoms with Crippen LogP contribution in [0, 0.1) is 11.6 Å². The van der Waals surface area contributed by atoms with E-state index in [1.54, 1.807) is 12.1 Å². The molecule has 0 spiro atoms. The van der Waals surface area contributed by atoms with Crippen LogP contribution in [0.4, 0.5) is 8.78 Å². The molecule has 2 rings (SSSR count). The van der Waals surface area contributed by atoms with E-state index >= 15 is 0 Å². The first-order chi connectivity index (χ1) is 11.3. The number of benzene rings is 1. The Morgan fingerprint density at radius 2 is 1.88 bits per heavy atom. The lowest BCUT2D eigenvalue weighted by atomic mass is 10.1. The highest BCUT2D eigenvalue weighted by Gasteiger charge is 2.19. The first-order valence-electron chi connectivity index (χ1n) is 6.98. The average Bonchev–Trinajstić information content (AvgIpc) is 2.52. The van der Waals surface area contributed by atoms with Crippen LogP contribution in [-0.2, 0) is 22.4 Å². The summed E-state index contributed by atoms with van der Waals surface area (Å²) in [4.78, 5) is 27.4. The van der Waals surface area contributed by atoms with E-state index in [0.29, 0.717) is 10.7 Å². The molecule has 0 saturated carbocycles. The smallest absolute Gasteiger partial charge is 0.240 e. The largest absolute Gasteiger partial charge is 0.368 e. The lowest BCUT2D eigenvalue weighted by molar-refractivity contribution is -0.127. The Bertz CT molecular complexity index is 753. The molecule has 2 aromatic rings. The normalized spacial score (nSPS) is 11.8. The Morgan fingerprint density at radius 3 is 2.46 bits per heavy atom. The molecule has 2 amide bonds. The summed E-state index contributed by atoms with van der Waals surface area (Å²) in [6, 6.07) is 5.41. The van der Waals surface area contributed by atoms with Crippen LogP contribution >= 0.6 is 11.6 Å². The summed E-state index contributed by atoms with van der Waals surface area (Å²) in [6.07, 6.45) is 1.41. The van der Waals surface area contributed by atoms with Crippen LogP contribution in [0.3, 0.4) is 0 Å². The summed E-state index contributed by atoms with van der Waals surface area (Å²) in [7, 11) is 0. The second kappa shape index (κ2) is 7.83. The van der Waals surface area contributed by atoms with Gasteiger partial charge in [-0.3, -0.25) is 9.59 Å². The van der Waals surface area contributed by atoms with E-state index in [9.17, 15) is 18.4 Å². The zero-order valence-corrected chi connectivity index (χ0v) is 13.2. The van der Waals surface area contributed by atoms with Crippen molar-refractivity contribution in [1.29, 1.82) is 0 Å². The van der Waals surface area contributed by atoms with E-state index in [-0.39, 0.29) is 18.4 Å². The maximum atomic E-state index is 13.1. The van der Waals surface area contributed by atoms with Gasteiger partial charge in [-0.2, -0.15) is 0 Å². The second-order valence-corrected chi connectivity index (χ2v) is 5.53. The van der Waals surface area contributed by atoms with Crippen molar-refractivity contribution < 1.29 is 18.4 Å². The molecule has 0 aliphatic carbocycles. The molecule has 24 heavy (non-hydrogen) atoms. The molecule has 3 N–H and O–H groups in total. The number of pyridine rings is 1. The topological polar surface area (TPSA) is 85.1 Å². The molecule has 0 radical (unpaired) electrons. The molecule has 0 unspecified atom stereocenters. The molecule has 8 heteroatoms. The maximum absolute atomic E-state index is 13.1. The van der Waals surface area contributed by atoms with Crippen molar-refractivity contribution in [2.45, 2.75) is 18.9 Å². The molecular weight excluding hydrogens is 340 g/mol. The molecule has 1 aromatic carbocycles. The summed E-state index contributed by atoms with van der Waals surface area (Å²) in [5, 5.41) is 2.77. The number of halogens is 3. The van der Waals surface area contributed by atoms with Gasteiger partial charge in [-0.05, 0) is 29.3 Å². The number of carbonyl (C=O) groups is 2. The zero-order valence-electron chi connectivity index (χ0n) is 12.4. The number of primary amides is 1. The van der Waals surface area contributed by atoms with E-state index < -0.39 is 29.5 Å². The van der Waals surface area contributed by atoms with E-state index in [1.807, 2.05) is 0 Å². The third-order valence-electron chi connectivity index (χ3n) is 3.26. The molecule has 1 aromatic heterocycles. The summed E-state index contributed by atoms with van der Waals surface area (Å²) < 4.78 is 26.0. The number of aromatic nitrogens is 1. The number of nitrogens with zero attached hydrogens (tertiary/aromatic N) is 1. The molecule has 0 aliphatic rings. The lowest BCUT2D eigenvalue weighted by Gasteiger charge is -2.15. The molecule has 0 fully saturated rings. The number of nitrogens with one attached hydrogen (secondary N) is 1. The zero-order chi connectivity index (χ0) is 17.7. The minimum atomic E-state index is -1.04. The van der Waals surface area contributed by atoms with Crippen molar-refractivity contribution in [2.75, 3.05) is 0 Å². The number of rotatable bonds is 6. The minimum absolute atomic E-state index is 0.142. The Balaban J connectivity index is 2.01. The monoisotopic (exact) mass is 353 g/mol. The fourth-order valence-electron chi connectivity index (χ4n) is 2.07. The van der Waals surface area contributed by atoms with Crippen LogP contribution in [0.5, 0.6) is 0 Å². The number of carbonyl (C=O) groups excluding carboxylic acids is 2. The first-order valence-corrected chi connectivity index (χ1v) is 7.36. The SMILES string of the molecule is NC(=O)[C@@H](Cc1ccc(Cl)nc1)NC(=O)Cc1ccc(F)c(F)c1. The van der Waals surface area contributed by atoms with Crippen LogP contribution in [-0.4, -0.2) is 22.8 Å².